The normalized spacial score (nSPS) is 12.2. The van der Waals surface area contributed by atoms with Gasteiger partial charge in [0.05, 0.1) is 18.8 Å². The summed E-state index contributed by atoms with van der Waals surface area (Å²) in [6.07, 6.45) is 5.52. The first-order valence-electron chi connectivity index (χ1n) is 8.95. The molecule has 0 N–H and O–H groups in total. The topological polar surface area (TPSA) is 65.7 Å². The highest BCUT2D eigenvalue weighted by molar-refractivity contribution is 7.15. The molecule has 0 bridgehead atoms. The monoisotopic (exact) mass is 405 g/mol. The summed E-state index contributed by atoms with van der Waals surface area (Å²) in [5, 5.41) is 4.32. The number of thiazole rings is 1. The molecular weight excluding hydrogens is 386 g/mol. The van der Waals surface area contributed by atoms with Crippen LogP contribution in [0.3, 0.4) is 0 Å². The zero-order valence-corrected chi connectivity index (χ0v) is 17.1. The fourth-order valence-electron chi connectivity index (χ4n) is 2.85. The third-order valence-electron chi connectivity index (χ3n) is 4.43. The van der Waals surface area contributed by atoms with E-state index in [0.717, 1.165) is 11.1 Å². The summed E-state index contributed by atoms with van der Waals surface area (Å²) in [6, 6.07) is 13.6. The summed E-state index contributed by atoms with van der Waals surface area (Å²) >= 11 is 1.29. The smallest absolute Gasteiger partial charge is 0.291 e. The van der Waals surface area contributed by atoms with Crippen molar-refractivity contribution in [1.29, 1.82) is 0 Å². The van der Waals surface area contributed by atoms with Gasteiger partial charge in [-0.05, 0) is 36.8 Å². The van der Waals surface area contributed by atoms with E-state index in [1.807, 2.05) is 49.4 Å². The van der Waals surface area contributed by atoms with Gasteiger partial charge in [0.1, 0.15) is 11.5 Å². The Morgan fingerprint density at radius 1 is 1.03 bits per heavy atom. The lowest BCUT2D eigenvalue weighted by atomic mass is 10.1. The number of aryl methyl sites for hydroxylation is 1. The molecule has 0 atom stereocenters. The van der Waals surface area contributed by atoms with E-state index in [0.29, 0.717) is 26.8 Å². The number of benzene rings is 2. The molecule has 0 fully saturated rings. The Labute approximate surface area is 171 Å². The number of hydrogen-bond acceptors (Lipinski definition) is 6. The van der Waals surface area contributed by atoms with Gasteiger partial charge >= 0.3 is 0 Å². The first-order chi connectivity index (χ1) is 14.1. The zero-order chi connectivity index (χ0) is 20.4. The van der Waals surface area contributed by atoms with Gasteiger partial charge in [-0.15, -0.1) is 5.10 Å². The third kappa shape index (κ3) is 3.90. The maximum Gasteiger partial charge on any atom is 0.291 e. The van der Waals surface area contributed by atoms with Gasteiger partial charge in [0.15, 0.2) is 5.82 Å². The lowest BCUT2D eigenvalue weighted by Crippen LogP contribution is -2.23. The van der Waals surface area contributed by atoms with E-state index < -0.39 is 0 Å². The van der Waals surface area contributed by atoms with Crippen molar-refractivity contribution < 1.29 is 9.47 Å². The minimum Gasteiger partial charge on any atom is -0.497 e. The van der Waals surface area contributed by atoms with E-state index >= 15 is 0 Å². The minimum atomic E-state index is -0.203. The number of aromatic nitrogens is 3. The number of rotatable bonds is 5. The molecule has 6 nitrogen and oxygen atoms in total. The van der Waals surface area contributed by atoms with Gasteiger partial charge in [-0.25, -0.2) is 0 Å². The van der Waals surface area contributed by atoms with E-state index in [9.17, 15) is 4.79 Å². The molecule has 2 heterocycles. The van der Waals surface area contributed by atoms with Crippen LogP contribution < -0.4 is 19.6 Å². The molecular formula is C22H19N3O3S. The molecule has 4 rings (SSSR count). The lowest BCUT2D eigenvalue weighted by molar-refractivity contribution is 0.393. The first-order valence-corrected chi connectivity index (χ1v) is 9.77. The second-order valence-corrected chi connectivity index (χ2v) is 7.44. The molecule has 0 unspecified atom stereocenters. The van der Waals surface area contributed by atoms with E-state index in [1.165, 1.54) is 21.4 Å². The minimum absolute atomic E-state index is 0.203. The maximum atomic E-state index is 12.7. The molecule has 0 amide bonds. The SMILES string of the molecule is COc1ccc(/C=c2\sc3nc(/C=C/c4ccc(C)cc4)nn3c2=O)c(OC)c1. The number of ether oxygens (including phenoxy) is 2. The van der Waals surface area contributed by atoms with Gasteiger partial charge in [0, 0.05) is 11.6 Å². The molecule has 0 aliphatic heterocycles. The van der Waals surface area contributed by atoms with Crippen molar-refractivity contribution in [2.24, 2.45) is 0 Å². The fourth-order valence-corrected chi connectivity index (χ4v) is 3.75. The molecule has 2 aromatic heterocycles. The van der Waals surface area contributed by atoms with E-state index in [2.05, 4.69) is 10.1 Å². The summed E-state index contributed by atoms with van der Waals surface area (Å²) in [7, 11) is 3.18. The summed E-state index contributed by atoms with van der Waals surface area (Å²) in [5.74, 6) is 1.82. The van der Waals surface area contributed by atoms with Crippen molar-refractivity contribution in [2.75, 3.05) is 14.2 Å². The first kappa shape index (κ1) is 18.9. The van der Waals surface area contributed by atoms with Crippen LogP contribution in [-0.2, 0) is 0 Å². The predicted molar refractivity (Wildman–Crippen MR) is 116 cm³/mol. The largest absolute Gasteiger partial charge is 0.497 e. The Morgan fingerprint density at radius 3 is 2.52 bits per heavy atom. The average molecular weight is 405 g/mol. The van der Waals surface area contributed by atoms with Crippen LogP contribution in [0.2, 0.25) is 0 Å². The fraction of sp³-hybridized carbons (Fsp3) is 0.136. The van der Waals surface area contributed by atoms with Crippen LogP contribution in [0.1, 0.15) is 22.5 Å². The molecule has 0 radical (unpaired) electrons. The van der Waals surface area contributed by atoms with Gasteiger partial charge < -0.3 is 9.47 Å². The molecule has 2 aromatic carbocycles. The zero-order valence-electron chi connectivity index (χ0n) is 16.2. The van der Waals surface area contributed by atoms with Crippen LogP contribution in [0.25, 0.3) is 23.2 Å². The Hall–Kier alpha value is -3.45. The van der Waals surface area contributed by atoms with Crippen LogP contribution in [-0.4, -0.2) is 28.8 Å². The number of hydrogen-bond donors (Lipinski definition) is 0. The summed E-state index contributed by atoms with van der Waals surface area (Å²) in [6.45, 7) is 2.05. The molecule has 7 heteroatoms. The van der Waals surface area contributed by atoms with Crippen LogP contribution >= 0.6 is 11.3 Å². The predicted octanol–water partition coefficient (Wildman–Crippen LogP) is 3.19. The van der Waals surface area contributed by atoms with Crippen LogP contribution in [0.4, 0.5) is 0 Å². The number of fused-ring (bicyclic) bond motifs is 1. The van der Waals surface area contributed by atoms with E-state index in [-0.39, 0.29) is 5.56 Å². The molecule has 0 aliphatic rings. The molecule has 0 aliphatic carbocycles. The van der Waals surface area contributed by atoms with Crippen LogP contribution in [0.5, 0.6) is 11.5 Å². The van der Waals surface area contributed by atoms with Crippen molar-refractivity contribution in [3.05, 3.63) is 79.9 Å². The van der Waals surface area contributed by atoms with E-state index in [4.69, 9.17) is 9.47 Å². The van der Waals surface area contributed by atoms with Crippen molar-refractivity contribution in [2.45, 2.75) is 6.92 Å². The highest BCUT2D eigenvalue weighted by Gasteiger charge is 2.10. The van der Waals surface area contributed by atoms with Crippen molar-refractivity contribution in [3.63, 3.8) is 0 Å². The molecule has 29 heavy (non-hydrogen) atoms. The van der Waals surface area contributed by atoms with Gasteiger partial charge in [-0.3, -0.25) is 4.79 Å². The van der Waals surface area contributed by atoms with Crippen LogP contribution in [0.15, 0.2) is 47.3 Å². The highest BCUT2D eigenvalue weighted by atomic mass is 32.1. The second-order valence-electron chi connectivity index (χ2n) is 6.43. The van der Waals surface area contributed by atoms with Gasteiger partial charge in [-0.1, -0.05) is 47.2 Å². The third-order valence-corrected chi connectivity index (χ3v) is 5.39. The number of methoxy groups -OCH3 is 2. The van der Waals surface area contributed by atoms with Crippen LogP contribution in [0, 0.1) is 6.92 Å². The second kappa shape index (κ2) is 7.89. The van der Waals surface area contributed by atoms with Gasteiger partial charge in [0.25, 0.3) is 5.56 Å². The van der Waals surface area contributed by atoms with Gasteiger partial charge in [0.2, 0.25) is 4.96 Å². The average Bonchev–Trinajstić information content (AvgIpc) is 3.26. The molecule has 0 saturated heterocycles. The molecule has 146 valence electrons. The summed E-state index contributed by atoms with van der Waals surface area (Å²) in [5.41, 5.74) is 2.84. The number of nitrogens with zero attached hydrogens (tertiary/aromatic N) is 3. The molecule has 4 aromatic rings. The Morgan fingerprint density at radius 2 is 1.83 bits per heavy atom. The Bertz CT molecular complexity index is 1300. The van der Waals surface area contributed by atoms with Crippen molar-refractivity contribution in [3.8, 4) is 11.5 Å². The molecule has 0 saturated carbocycles. The maximum absolute atomic E-state index is 12.7. The quantitative estimate of drug-likeness (QED) is 0.510. The van der Waals surface area contributed by atoms with E-state index in [1.54, 1.807) is 32.4 Å². The Balaban J connectivity index is 1.68. The summed E-state index contributed by atoms with van der Waals surface area (Å²) in [4.78, 5) is 17.7. The Kier molecular flexibility index (Phi) is 5.14. The lowest BCUT2D eigenvalue weighted by Gasteiger charge is -2.06. The van der Waals surface area contributed by atoms with Crippen molar-refractivity contribution in [1.82, 2.24) is 14.6 Å². The standard InChI is InChI=1S/C22H19N3O3S/c1-14-4-6-15(7-5-14)8-11-20-23-22-25(24-20)21(26)19(29-22)12-16-9-10-17(27-2)13-18(16)28-3/h4-13H,1-3H3/b11-8+,19-12-. The highest BCUT2D eigenvalue weighted by Crippen LogP contribution is 2.25. The van der Waals surface area contributed by atoms with Gasteiger partial charge in [-0.2, -0.15) is 9.50 Å². The summed E-state index contributed by atoms with van der Waals surface area (Å²) < 4.78 is 12.5. The van der Waals surface area contributed by atoms with Crippen molar-refractivity contribution >= 4 is 34.5 Å². The molecule has 0 spiro atoms.